The van der Waals surface area contributed by atoms with E-state index in [1.807, 2.05) is 24.3 Å². The first-order chi connectivity index (χ1) is 12.2. The van der Waals surface area contributed by atoms with Crippen LogP contribution in [0, 0.1) is 11.3 Å². The number of nitriles is 1. The first-order valence-electron chi connectivity index (χ1n) is 8.32. The highest BCUT2D eigenvalue weighted by molar-refractivity contribution is 5.77. The number of rotatable bonds is 7. The van der Waals surface area contributed by atoms with Crippen LogP contribution in [-0.2, 0) is 6.54 Å². The van der Waals surface area contributed by atoms with Crippen LogP contribution in [0.25, 0.3) is 11.0 Å². The summed E-state index contributed by atoms with van der Waals surface area (Å²) < 4.78 is 0. The number of imidazole rings is 1. The minimum atomic E-state index is 0.225. The van der Waals surface area contributed by atoms with Crippen molar-refractivity contribution in [2.24, 2.45) is 0 Å². The summed E-state index contributed by atoms with van der Waals surface area (Å²) in [5.74, 6) is 0.981. The van der Waals surface area contributed by atoms with Crippen LogP contribution < -0.4 is 5.32 Å². The molecular weight excluding hydrogens is 314 g/mol. The summed E-state index contributed by atoms with van der Waals surface area (Å²) >= 11 is 0. The van der Waals surface area contributed by atoms with E-state index in [-0.39, 0.29) is 5.75 Å². The van der Waals surface area contributed by atoms with E-state index in [9.17, 15) is 5.11 Å². The fourth-order valence-electron chi connectivity index (χ4n) is 2.74. The Hall–Kier alpha value is -3.04. The minimum absolute atomic E-state index is 0.225. The molecular formula is C19H21N5O. The average Bonchev–Trinajstić information content (AvgIpc) is 3.05. The quantitative estimate of drug-likeness (QED) is 0.617. The Balaban J connectivity index is 1.58. The van der Waals surface area contributed by atoms with Crippen LogP contribution >= 0.6 is 0 Å². The summed E-state index contributed by atoms with van der Waals surface area (Å²) in [6.07, 6.45) is 0. The molecule has 0 saturated heterocycles. The molecule has 0 fully saturated rings. The molecule has 3 aromatic rings. The minimum Gasteiger partial charge on any atom is -0.508 e. The number of aromatic nitrogens is 2. The van der Waals surface area contributed by atoms with Gasteiger partial charge in [0.05, 0.1) is 22.7 Å². The van der Waals surface area contributed by atoms with Crippen molar-refractivity contribution in [1.29, 1.82) is 5.26 Å². The summed E-state index contributed by atoms with van der Waals surface area (Å²) in [4.78, 5) is 9.94. The number of H-pyrrole nitrogens is 1. The van der Waals surface area contributed by atoms with Crippen LogP contribution in [-0.4, -0.2) is 39.6 Å². The second-order valence-electron chi connectivity index (χ2n) is 5.85. The fraction of sp³-hybridized carbons (Fsp3) is 0.263. The lowest BCUT2D eigenvalue weighted by Gasteiger charge is -2.21. The van der Waals surface area contributed by atoms with Crippen molar-refractivity contribution in [3.8, 4) is 11.8 Å². The summed E-state index contributed by atoms with van der Waals surface area (Å²) in [6, 6.07) is 15.0. The average molecular weight is 335 g/mol. The second-order valence-corrected chi connectivity index (χ2v) is 5.85. The number of anilines is 1. The van der Waals surface area contributed by atoms with Gasteiger partial charge >= 0.3 is 0 Å². The molecule has 0 radical (unpaired) electrons. The van der Waals surface area contributed by atoms with Gasteiger partial charge in [0.25, 0.3) is 0 Å². The largest absolute Gasteiger partial charge is 0.508 e. The topological polar surface area (TPSA) is 88.0 Å². The molecule has 0 spiro atoms. The zero-order chi connectivity index (χ0) is 17.6. The molecule has 128 valence electrons. The van der Waals surface area contributed by atoms with Gasteiger partial charge in [-0.05, 0) is 36.9 Å². The van der Waals surface area contributed by atoms with E-state index in [2.05, 4.69) is 33.2 Å². The van der Waals surface area contributed by atoms with Gasteiger partial charge in [0.15, 0.2) is 0 Å². The first kappa shape index (κ1) is 16.8. The number of phenols is 1. The Morgan fingerprint density at radius 3 is 2.88 bits per heavy atom. The number of likely N-dealkylation sites (N-methyl/N-ethyl adjacent to an activating group) is 1. The lowest BCUT2D eigenvalue weighted by Crippen LogP contribution is -2.28. The van der Waals surface area contributed by atoms with Crippen molar-refractivity contribution < 1.29 is 5.11 Å². The number of nitrogens with zero attached hydrogens (tertiary/aromatic N) is 3. The van der Waals surface area contributed by atoms with E-state index in [4.69, 9.17) is 5.26 Å². The molecule has 0 atom stereocenters. The van der Waals surface area contributed by atoms with Crippen LogP contribution in [0.15, 0.2) is 42.5 Å². The van der Waals surface area contributed by atoms with E-state index in [1.54, 1.807) is 18.2 Å². The zero-order valence-corrected chi connectivity index (χ0v) is 14.2. The molecule has 25 heavy (non-hydrogen) atoms. The maximum atomic E-state index is 9.99. The molecule has 3 N–H and O–H groups in total. The van der Waals surface area contributed by atoms with Crippen molar-refractivity contribution in [1.82, 2.24) is 14.9 Å². The highest BCUT2D eigenvalue weighted by Crippen LogP contribution is 2.20. The number of hydrogen-bond donors (Lipinski definition) is 3. The van der Waals surface area contributed by atoms with Crippen molar-refractivity contribution in [3.05, 3.63) is 53.6 Å². The molecule has 6 nitrogen and oxygen atoms in total. The lowest BCUT2D eigenvalue weighted by molar-refractivity contribution is 0.286. The number of fused-ring (bicyclic) bond motifs is 1. The number of aromatic hydroxyl groups is 1. The number of benzene rings is 2. The highest BCUT2D eigenvalue weighted by atomic mass is 16.3. The molecule has 2 aromatic carbocycles. The van der Waals surface area contributed by atoms with Gasteiger partial charge in [-0.3, -0.25) is 4.90 Å². The molecule has 6 heteroatoms. The third-order valence-corrected chi connectivity index (χ3v) is 4.16. The molecule has 0 aliphatic carbocycles. The molecule has 0 saturated carbocycles. The maximum absolute atomic E-state index is 9.99. The Bertz CT molecular complexity index is 863. The SMILES string of the molecule is CCN(CCNc1nc2ccccc2[nH]1)Cc1cc(C#N)ccc1O. The van der Waals surface area contributed by atoms with Crippen molar-refractivity contribution >= 4 is 17.0 Å². The van der Waals surface area contributed by atoms with Gasteiger partial charge in [0.1, 0.15) is 5.75 Å². The third kappa shape index (κ3) is 4.08. The van der Waals surface area contributed by atoms with Crippen molar-refractivity contribution in [3.63, 3.8) is 0 Å². The van der Waals surface area contributed by atoms with Gasteiger partial charge in [0.2, 0.25) is 5.95 Å². The van der Waals surface area contributed by atoms with E-state index >= 15 is 0 Å². The Morgan fingerprint density at radius 2 is 2.12 bits per heavy atom. The van der Waals surface area contributed by atoms with Crippen LogP contribution in [0.2, 0.25) is 0 Å². The zero-order valence-electron chi connectivity index (χ0n) is 14.2. The van der Waals surface area contributed by atoms with Gasteiger partial charge in [0, 0.05) is 25.2 Å². The maximum Gasteiger partial charge on any atom is 0.201 e. The number of phenolic OH excluding ortho intramolecular Hbond substituents is 1. The molecule has 0 amide bonds. The second kappa shape index (κ2) is 7.69. The Morgan fingerprint density at radius 1 is 1.28 bits per heavy atom. The molecule has 0 bridgehead atoms. The molecule has 3 rings (SSSR count). The Kier molecular flexibility index (Phi) is 5.17. The molecule has 1 aromatic heterocycles. The van der Waals surface area contributed by atoms with Gasteiger partial charge in [-0.1, -0.05) is 19.1 Å². The summed E-state index contributed by atoms with van der Waals surface area (Å²) in [5, 5.41) is 22.3. The van der Waals surface area contributed by atoms with E-state index in [0.717, 1.165) is 42.2 Å². The molecule has 0 aliphatic rings. The summed E-state index contributed by atoms with van der Waals surface area (Å²) in [5.41, 5.74) is 3.28. The van der Waals surface area contributed by atoms with Gasteiger partial charge in [-0.15, -0.1) is 0 Å². The number of para-hydroxylation sites is 2. The lowest BCUT2D eigenvalue weighted by atomic mass is 10.1. The van der Waals surface area contributed by atoms with Crippen LogP contribution in [0.5, 0.6) is 5.75 Å². The predicted octanol–water partition coefficient (Wildman–Crippen LogP) is 3.07. The van der Waals surface area contributed by atoms with Gasteiger partial charge in [-0.2, -0.15) is 5.26 Å². The normalized spacial score (nSPS) is 10.9. The standard InChI is InChI=1S/C19H21N5O/c1-2-24(13-15-11-14(12-20)7-8-18(15)25)10-9-21-19-22-16-5-3-4-6-17(16)23-19/h3-8,11,25H,2,9-10,13H2,1H3,(H2,21,22,23). The van der Waals surface area contributed by atoms with E-state index in [1.165, 1.54) is 0 Å². The monoisotopic (exact) mass is 335 g/mol. The summed E-state index contributed by atoms with van der Waals surface area (Å²) in [7, 11) is 0. The van der Waals surface area contributed by atoms with Gasteiger partial charge < -0.3 is 15.4 Å². The molecule has 0 aliphatic heterocycles. The first-order valence-corrected chi connectivity index (χ1v) is 8.32. The van der Waals surface area contributed by atoms with E-state index in [0.29, 0.717) is 12.1 Å². The van der Waals surface area contributed by atoms with Crippen molar-refractivity contribution in [2.45, 2.75) is 13.5 Å². The highest BCUT2D eigenvalue weighted by Gasteiger charge is 2.09. The smallest absolute Gasteiger partial charge is 0.201 e. The molecule has 1 heterocycles. The third-order valence-electron chi connectivity index (χ3n) is 4.16. The number of hydrogen-bond acceptors (Lipinski definition) is 5. The van der Waals surface area contributed by atoms with Crippen LogP contribution in [0.4, 0.5) is 5.95 Å². The fourth-order valence-corrected chi connectivity index (χ4v) is 2.74. The molecule has 0 unspecified atom stereocenters. The number of aromatic amines is 1. The number of nitrogens with one attached hydrogen (secondary N) is 2. The van der Waals surface area contributed by atoms with E-state index < -0.39 is 0 Å². The van der Waals surface area contributed by atoms with Crippen LogP contribution in [0.3, 0.4) is 0 Å². The van der Waals surface area contributed by atoms with Gasteiger partial charge in [-0.25, -0.2) is 4.98 Å². The summed E-state index contributed by atoms with van der Waals surface area (Å²) in [6.45, 7) is 5.04. The Labute approximate surface area is 146 Å². The van der Waals surface area contributed by atoms with Crippen molar-refractivity contribution in [2.75, 3.05) is 25.0 Å². The van der Waals surface area contributed by atoms with Crippen LogP contribution in [0.1, 0.15) is 18.1 Å². The predicted molar refractivity (Wildman–Crippen MR) is 98.4 cm³/mol.